The molecule has 136 valence electrons. The molecule has 0 aliphatic rings. The zero-order valence-corrected chi connectivity index (χ0v) is 16.0. The lowest BCUT2D eigenvalue weighted by Gasteiger charge is -2.10. The van der Waals surface area contributed by atoms with Crippen molar-refractivity contribution in [3.63, 3.8) is 0 Å². The summed E-state index contributed by atoms with van der Waals surface area (Å²) in [6, 6.07) is 17.8. The number of aryl methyl sites for hydroxylation is 1. The molecule has 5 heteroatoms. The fraction of sp³-hybridized carbons (Fsp3) is 0.182. The first-order chi connectivity index (χ1) is 13.1. The van der Waals surface area contributed by atoms with Crippen molar-refractivity contribution in [3.8, 4) is 10.6 Å². The molecule has 4 aromatic rings. The van der Waals surface area contributed by atoms with Gasteiger partial charge in [0.15, 0.2) is 0 Å². The number of nitrogens with one attached hydrogen (secondary N) is 1. The Morgan fingerprint density at radius 3 is 2.85 bits per heavy atom. The predicted molar refractivity (Wildman–Crippen MR) is 109 cm³/mol. The van der Waals surface area contributed by atoms with Gasteiger partial charge in [-0.05, 0) is 32.0 Å². The lowest BCUT2D eigenvalue weighted by atomic mass is 10.1. The molecular formula is C22H20N2O2S. The quantitative estimate of drug-likeness (QED) is 0.515. The normalized spacial score (nSPS) is 12.2. The van der Waals surface area contributed by atoms with E-state index in [4.69, 9.17) is 4.42 Å². The first-order valence-electron chi connectivity index (χ1n) is 8.88. The molecule has 1 N–H and O–H groups in total. The summed E-state index contributed by atoms with van der Waals surface area (Å²) in [6.07, 6.45) is 0.257. The second kappa shape index (κ2) is 7.37. The van der Waals surface area contributed by atoms with E-state index in [2.05, 4.69) is 29.4 Å². The maximum Gasteiger partial charge on any atom is 0.226 e. The predicted octanol–water partition coefficient (Wildman–Crippen LogP) is 5.28. The van der Waals surface area contributed by atoms with E-state index in [0.717, 1.165) is 33.0 Å². The number of hydrogen-bond donors (Lipinski definition) is 1. The van der Waals surface area contributed by atoms with Crippen LogP contribution in [0.4, 0.5) is 0 Å². The van der Waals surface area contributed by atoms with Crippen LogP contribution >= 0.6 is 11.3 Å². The zero-order valence-electron chi connectivity index (χ0n) is 15.2. The third-order valence-electron chi connectivity index (χ3n) is 4.41. The van der Waals surface area contributed by atoms with Crippen LogP contribution in [0.3, 0.4) is 0 Å². The number of fused-ring (bicyclic) bond motifs is 1. The van der Waals surface area contributed by atoms with Crippen LogP contribution in [0.5, 0.6) is 0 Å². The number of aromatic nitrogens is 1. The molecule has 0 aliphatic carbocycles. The minimum absolute atomic E-state index is 0.0657. The van der Waals surface area contributed by atoms with Crippen LogP contribution in [0.25, 0.3) is 21.5 Å². The fourth-order valence-corrected chi connectivity index (χ4v) is 3.86. The van der Waals surface area contributed by atoms with Gasteiger partial charge in [0.1, 0.15) is 16.4 Å². The van der Waals surface area contributed by atoms with E-state index in [-0.39, 0.29) is 18.4 Å². The van der Waals surface area contributed by atoms with Gasteiger partial charge in [0.2, 0.25) is 5.91 Å². The van der Waals surface area contributed by atoms with Crippen molar-refractivity contribution in [2.24, 2.45) is 0 Å². The van der Waals surface area contributed by atoms with Gasteiger partial charge in [-0.2, -0.15) is 0 Å². The highest BCUT2D eigenvalue weighted by atomic mass is 32.1. The van der Waals surface area contributed by atoms with Crippen molar-refractivity contribution < 1.29 is 9.21 Å². The highest BCUT2D eigenvalue weighted by molar-refractivity contribution is 7.13. The summed E-state index contributed by atoms with van der Waals surface area (Å²) < 4.78 is 5.83. The molecule has 2 heterocycles. The Hall–Kier alpha value is -2.92. The maximum atomic E-state index is 12.4. The molecule has 2 aromatic carbocycles. The fourth-order valence-electron chi connectivity index (χ4n) is 3.04. The summed E-state index contributed by atoms with van der Waals surface area (Å²) in [7, 11) is 0. The third kappa shape index (κ3) is 3.93. The Morgan fingerprint density at radius 2 is 2.04 bits per heavy atom. The summed E-state index contributed by atoms with van der Waals surface area (Å²) in [4.78, 5) is 17.0. The maximum absolute atomic E-state index is 12.4. The lowest BCUT2D eigenvalue weighted by molar-refractivity contribution is -0.121. The van der Waals surface area contributed by atoms with Gasteiger partial charge in [-0.3, -0.25) is 4.79 Å². The Morgan fingerprint density at radius 1 is 1.19 bits per heavy atom. The number of thiazole rings is 1. The van der Waals surface area contributed by atoms with Gasteiger partial charge in [0.25, 0.3) is 0 Å². The molecule has 0 bridgehead atoms. The molecule has 4 rings (SSSR count). The first-order valence-corrected chi connectivity index (χ1v) is 9.76. The van der Waals surface area contributed by atoms with E-state index >= 15 is 0 Å². The summed E-state index contributed by atoms with van der Waals surface area (Å²) in [5, 5.41) is 6.92. The molecule has 2 aromatic heterocycles. The molecule has 0 spiro atoms. The van der Waals surface area contributed by atoms with E-state index in [1.165, 1.54) is 5.56 Å². The minimum Gasteiger partial charge on any atom is -0.459 e. The molecule has 1 unspecified atom stereocenters. The average Bonchev–Trinajstić information content (AvgIpc) is 3.28. The average molecular weight is 376 g/mol. The van der Waals surface area contributed by atoms with E-state index in [1.807, 2.05) is 54.8 Å². The van der Waals surface area contributed by atoms with Crippen molar-refractivity contribution in [1.29, 1.82) is 0 Å². The van der Waals surface area contributed by atoms with Crippen LogP contribution in [0, 0.1) is 6.92 Å². The highest BCUT2D eigenvalue weighted by Crippen LogP contribution is 2.25. The molecule has 1 atom stereocenters. The summed E-state index contributed by atoms with van der Waals surface area (Å²) in [5.41, 5.74) is 3.89. The molecule has 27 heavy (non-hydrogen) atoms. The van der Waals surface area contributed by atoms with Crippen molar-refractivity contribution in [3.05, 3.63) is 77.0 Å². The van der Waals surface area contributed by atoms with Crippen molar-refractivity contribution in [2.75, 3.05) is 0 Å². The smallest absolute Gasteiger partial charge is 0.226 e. The summed E-state index contributed by atoms with van der Waals surface area (Å²) >= 11 is 1.56. The molecule has 0 aliphatic heterocycles. The number of amides is 1. The van der Waals surface area contributed by atoms with Crippen LogP contribution in [-0.2, 0) is 11.2 Å². The number of carbonyl (C=O) groups excluding carboxylic acids is 1. The Balaban J connectivity index is 1.42. The number of furan rings is 1. The topological polar surface area (TPSA) is 55.1 Å². The minimum atomic E-state index is -0.195. The van der Waals surface area contributed by atoms with Crippen molar-refractivity contribution in [1.82, 2.24) is 10.3 Å². The van der Waals surface area contributed by atoms with Gasteiger partial charge in [-0.1, -0.05) is 42.0 Å². The van der Waals surface area contributed by atoms with Gasteiger partial charge >= 0.3 is 0 Å². The first kappa shape index (κ1) is 17.5. The highest BCUT2D eigenvalue weighted by Gasteiger charge is 2.15. The Kier molecular flexibility index (Phi) is 4.77. The Labute approximate surface area is 161 Å². The molecule has 0 fully saturated rings. The van der Waals surface area contributed by atoms with Gasteiger partial charge in [-0.25, -0.2) is 4.98 Å². The van der Waals surface area contributed by atoms with Gasteiger partial charge < -0.3 is 9.73 Å². The van der Waals surface area contributed by atoms with Crippen molar-refractivity contribution in [2.45, 2.75) is 26.3 Å². The van der Waals surface area contributed by atoms with Crippen molar-refractivity contribution >= 4 is 28.2 Å². The lowest BCUT2D eigenvalue weighted by Crippen LogP contribution is -2.27. The van der Waals surface area contributed by atoms with Crippen LogP contribution in [0.1, 0.15) is 30.0 Å². The number of nitrogens with zero attached hydrogens (tertiary/aromatic N) is 1. The molecule has 0 radical (unpaired) electrons. The molecular weight excluding hydrogens is 356 g/mol. The van der Waals surface area contributed by atoms with Crippen LogP contribution in [0.2, 0.25) is 0 Å². The number of benzene rings is 2. The van der Waals surface area contributed by atoms with Gasteiger partial charge in [0.05, 0.1) is 18.2 Å². The summed E-state index contributed by atoms with van der Waals surface area (Å²) in [5.74, 6) is 0.687. The third-order valence-corrected chi connectivity index (χ3v) is 5.35. The zero-order chi connectivity index (χ0) is 18.8. The van der Waals surface area contributed by atoms with E-state index in [1.54, 1.807) is 11.3 Å². The monoisotopic (exact) mass is 376 g/mol. The molecule has 0 saturated heterocycles. The number of rotatable bonds is 5. The number of para-hydroxylation sites is 1. The van der Waals surface area contributed by atoms with Crippen LogP contribution < -0.4 is 5.32 Å². The number of hydrogen-bond acceptors (Lipinski definition) is 4. The molecule has 1 amide bonds. The second-order valence-corrected chi connectivity index (χ2v) is 7.52. The van der Waals surface area contributed by atoms with Crippen LogP contribution in [-0.4, -0.2) is 10.9 Å². The van der Waals surface area contributed by atoms with Gasteiger partial charge in [-0.15, -0.1) is 11.3 Å². The second-order valence-electron chi connectivity index (χ2n) is 6.67. The summed E-state index contributed by atoms with van der Waals surface area (Å²) in [6.45, 7) is 3.99. The number of carbonyl (C=O) groups is 1. The molecule has 0 saturated carbocycles. The van der Waals surface area contributed by atoms with E-state index in [9.17, 15) is 4.79 Å². The Bertz CT molecular complexity index is 1060. The SMILES string of the molecule is Cc1cccc(-c2nc(CC(=O)NC(C)c3cc4ccccc4o3)cs2)c1. The van der Waals surface area contributed by atoms with Crippen LogP contribution in [0.15, 0.2) is 64.4 Å². The van der Waals surface area contributed by atoms with E-state index < -0.39 is 0 Å². The molecule has 4 nitrogen and oxygen atoms in total. The van der Waals surface area contributed by atoms with E-state index in [0.29, 0.717) is 0 Å². The van der Waals surface area contributed by atoms with Gasteiger partial charge in [0, 0.05) is 16.3 Å². The largest absolute Gasteiger partial charge is 0.459 e. The standard InChI is InChI=1S/C22H20N2O2S/c1-14-6-5-8-17(10-14)22-24-18(13-27-22)12-21(25)23-15(2)20-11-16-7-3-4-9-19(16)26-20/h3-11,13,15H,12H2,1-2H3,(H,23,25).